The summed E-state index contributed by atoms with van der Waals surface area (Å²) in [6.07, 6.45) is 5.80. The third-order valence-corrected chi connectivity index (χ3v) is 5.85. The average molecular weight is 377 g/mol. The quantitative estimate of drug-likeness (QED) is 0.749. The molecule has 26 heavy (non-hydrogen) atoms. The topological polar surface area (TPSA) is 90.3 Å². The molecule has 1 aliphatic carbocycles. The van der Waals surface area contributed by atoms with Gasteiger partial charge in [0.05, 0.1) is 12.6 Å². The molecule has 2 aromatic rings. The Morgan fingerprint density at radius 1 is 1.27 bits per heavy atom. The van der Waals surface area contributed by atoms with Crippen LogP contribution in [0.25, 0.3) is 11.3 Å². The van der Waals surface area contributed by atoms with Gasteiger partial charge in [0, 0.05) is 11.8 Å². The Hall–Kier alpha value is -2.19. The molecular weight excluding hydrogens is 354 g/mol. The van der Waals surface area contributed by atoms with E-state index in [0.29, 0.717) is 5.69 Å². The predicted octanol–water partition coefficient (Wildman–Crippen LogP) is 2.51. The second kappa shape index (κ2) is 8.01. The van der Waals surface area contributed by atoms with Crippen LogP contribution in [-0.2, 0) is 19.6 Å². The van der Waals surface area contributed by atoms with Crippen LogP contribution in [0.15, 0.2) is 41.4 Å². The van der Waals surface area contributed by atoms with Gasteiger partial charge < -0.3 is 4.74 Å². The van der Waals surface area contributed by atoms with Gasteiger partial charge in [-0.15, -0.1) is 0 Å². The van der Waals surface area contributed by atoms with Gasteiger partial charge in [-0.3, -0.25) is 9.48 Å². The summed E-state index contributed by atoms with van der Waals surface area (Å²) >= 11 is 0. The number of nitrogens with one attached hydrogen (secondary N) is 1. The summed E-state index contributed by atoms with van der Waals surface area (Å²) in [5.41, 5.74) is 1.12. The van der Waals surface area contributed by atoms with Gasteiger partial charge in [0.2, 0.25) is 10.0 Å². The molecule has 0 radical (unpaired) electrons. The van der Waals surface area contributed by atoms with Gasteiger partial charge in [0.25, 0.3) is 0 Å². The fraction of sp³-hybridized carbons (Fsp3) is 0.444. The number of esters is 1. The third kappa shape index (κ3) is 4.13. The number of hydrogen-bond acceptors (Lipinski definition) is 5. The van der Waals surface area contributed by atoms with Crippen molar-refractivity contribution in [1.29, 1.82) is 0 Å². The molecule has 8 heteroatoms. The number of sulfonamides is 1. The molecule has 1 saturated carbocycles. The van der Waals surface area contributed by atoms with E-state index in [2.05, 4.69) is 9.82 Å². The van der Waals surface area contributed by atoms with E-state index < -0.39 is 22.5 Å². The van der Waals surface area contributed by atoms with E-state index in [0.717, 1.165) is 31.2 Å². The van der Waals surface area contributed by atoms with Crippen LogP contribution in [0.5, 0.6) is 0 Å². The number of carbonyl (C=O) groups is 1. The lowest BCUT2D eigenvalue weighted by atomic mass is 10.2. The standard InChI is InChI=1S/C18H23N3O4S/c1-2-25-17(22)12-19-26(23,24)16-13-21(15-10-6-7-11-15)20-18(16)14-8-4-3-5-9-14/h3-5,8-9,13,15,19H,2,6-7,10-12H2,1H3. The fourth-order valence-electron chi connectivity index (χ4n) is 3.17. The minimum absolute atomic E-state index is 0.0832. The fourth-order valence-corrected chi connectivity index (χ4v) is 4.29. The van der Waals surface area contributed by atoms with Crippen LogP contribution in [0.4, 0.5) is 0 Å². The highest BCUT2D eigenvalue weighted by atomic mass is 32.2. The van der Waals surface area contributed by atoms with Gasteiger partial charge in [-0.2, -0.15) is 9.82 Å². The van der Waals surface area contributed by atoms with Crippen molar-refractivity contribution in [1.82, 2.24) is 14.5 Å². The summed E-state index contributed by atoms with van der Waals surface area (Å²) < 4.78 is 34.4. The maximum atomic E-state index is 12.8. The van der Waals surface area contributed by atoms with E-state index >= 15 is 0 Å². The Bertz CT molecular complexity index is 856. The lowest BCUT2D eigenvalue weighted by Crippen LogP contribution is -2.30. The molecule has 1 aromatic carbocycles. The monoisotopic (exact) mass is 377 g/mol. The highest BCUT2D eigenvalue weighted by Crippen LogP contribution is 2.33. The highest BCUT2D eigenvalue weighted by Gasteiger charge is 2.27. The molecule has 1 fully saturated rings. The number of ether oxygens (including phenoxy) is 1. The first-order chi connectivity index (χ1) is 12.5. The summed E-state index contributed by atoms with van der Waals surface area (Å²) in [5, 5.41) is 4.57. The van der Waals surface area contributed by atoms with Crippen molar-refractivity contribution in [2.24, 2.45) is 0 Å². The van der Waals surface area contributed by atoms with Gasteiger partial charge >= 0.3 is 5.97 Å². The zero-order chi connectivity index (χ0) is 18.6. The van der Waals surface area contributed by atoms with E-state index in [4.69, 9.17) is 4.74 Å². The molecule has 7 nitrogen and oxygen atoms in total. The molecule has 0 unspecified atom stereocenters. The molecule has 0 saturated heterocycles. The van der Waals surface area contributed by atoms with E-state index in [-0.39, 0.29) is 17.5 Å². The Balaban J connectivity index is 1.94. The highest BCUT2D eigenvalue weighted by molar-refractivity contribution is 7.89. The maximum Gasteiger partial charge on any atom is 0.321 e. The Kier molecular flexibility index (Phi) is 5.73. The van der Waals surface area contributed by atoms with Crippen molar-refractivity contribution >= 4 is 16.0 Å². The molecule has 0 spiro atoms. The summed E-state index contributed by atoms with van der Waals surface area (Å²) in [6, 6.07) is 9.41. The normalized spacial score (nSPS) is 15.3. The first kappa shape index (κ1) is 18.6. The minimum atomic E-state index is -3.90. The Morgan fingerprint density at radius 2 is 1.96 bits per heavy atom. The maximum absolute atomic E-state index is 12.8. The number of hydrogen-bond donors (Lipinski definition) is 1. The molecule has 1 aromatic heterocycles. The zero-order valence-corrected chi connectivity index (χ0v) is 15.5. The van der Waals surface area contributed by atoms with Crippen LogP contribution in [0.2, 0.25) is 0 Å². The Morgan fingerprint density at radius 3 is 2.62 bits per heavy atom. The molecule has 0 atom stereocenters. The minimum Gasteiger partial charge on any atom is -0.465 e. The van der Waals surface area contributed by atoms with E-state index in [1.54, 1.807) is 17.8 Å². The first-order valence-corrected chi connectivity index (χ1v) is 10.3. The molecule has 0 aliphatic heterocycles. The van der Waals surface area contributed by atoms with Crippen LogP contribution in [0, 0.1) is 0 Å². The van der Waals surface area contributed by atoms with Gasteiger partial charge in [-0.05, 0) is 19.8 Å². The molecule has 1 aliphatic rings. The molecule has 1 heterocycles. The van der Waals surface area contributed by atoms with Crippen LogP contribution in [0.1, 0.15) is 38.6 Å². The van der Waals surface area contributed by atoms with Crippen LogP contribution < -0.4 is 4.72 Å². The van der Waals surface area contributed by atoms with Gasteiger partial charge in [0.15, 0.2) is 0 Å². The molecule has 140 valence electrons. The van der Waals surface area contributed by atoms with E-state index in [9.17, 15) is 13.2 Å². The largest absolute Gasteiger partial charge is 0.465 e. The smallest absolute Gasteiger partial charge is 0.321 e. The lowest BCUT2D eigenvalue weighted by Gasteiger charge is -2.08. The van der Waals surface area contributed by atoms with Crippen molar-refractivity contribution < 1.29 is 17.9 Å². The summed E-state index contributed by atoms with van der Waals surface area (Å²) in [6.45, 7) is 1.47. The summed E-state index contributed by atoms with van der Waals surface area (Å²) in [5.74, 6) is -0.611. The lowest BCUT2D eigenvalue weighted by molar-refractivity contribution is -0.141. The van der Waals surface area contributed by atoms with Crippen molar-refractivity contribution in [2.45, 2.75) is 43.5 Å². The van der Waals surface area contributed by atoms with Gasteiger partial charge in [0.1, 0.15) is 17.1 Å². The number of rotatable bonds is 7. The molecule has 1 N–H and O–H groups in total. The average Bonchev–Trinajstić information content (AvgIpc) is 3.31. The van der Waals surface area contributed by atoms with Crippen LogP contribution in [-0.4, -0.2) is 37.3 Å². The van der Waals surface area contributed by atoms with Crippen molar-refractivity contribution in [3.8, 4) is 11.3 Å². The van der Waals surface area contributed by atoms with Crippen LogP contribution in [0.3, 0.4) is 0 Å². The SMILES string of the molecule is CCOC(=O)CNS(=O)(=O)c1cn(C2CCCC2)nc1-c1ccccc1. The van der Waals surface area contributed by atoms with Gasteiger partial charge in [-0.25, -0.2) is 8.42 Å². The number of aromatic nitrogens is 2. The zero-order valence-electron chi connectivity index (χ0n) is 14.7. The number of benzene rings is 1. The second-order valence-electron chi connectivity index (χ2n) is 6.26. The van der Waals surface area contributed by atoms with E-state index in [1.165, 1.54) is 0 Å². The van der Waals surface area contributed by atoms with Crippen molar-refractivity contribution in [3.05, 3.63) is 36.5 Å². The third-order valence-electron chi connectivity index (χ3n) is 4.45. The summed E-state index contributed by atoms with van der Waals surface area (Å²) in [7, 11) is -3.90. The van der Waals surface area contributed by atoms with Gasteiger partial charge in [-0.1, -0.05) is 43.2 Å². The van der Waals surface area contributed by atoms with Crippen LogP contribution >= 0.6 is 0 Å². The van der Waals surface area contributed by atoms with Crippen molar-refractivity contribution in [3.63, 3.8) is 0 Å². The first-order valence-electron chi connectivity index (χ1n) is 8.81. The second-order valence-corrected chi connectivity index (χ2v) is 7.99. The number of carbonyl (C=O) groups excluding carboxylic acids is 1. The Labute approximate surface area is 153 Å². The molecule has 3 rings (SSSR count). The van der Waals surface area contributed by atoms with Crippen molar-refractivity contribution in [2.75, 3.05) is 13.2 Å². The predicted molar refractivity (Wildman–Crippen MR) is 97.0 cm³/mol. The summed E-state index contributed by atoms with van der Waals surface area (Å²) in [4.78, 5) is 11.6. The number of nitrogens with zero attached hydrogens (tertiary/aromatic N) is 2. The molecular formula is C18H23N3O4S. The molecule has 0 amide bonds. The van der Waals surface area contributed by atoms with E-state index in [1.807, 2.05) is 30.3 Å². The molecule has 0 bridgehead atoms.